The summed E-state index contributed by atoms with van der Waals surface area (Å²) in [5.74, 6) is -1.24. The van der Waals surface area contributed by atoms with Crippen molar-refractivity contribution in [3.8, 4) is 0 Å². The molecule has 2 aromatic rings. The van der Waals surface area contributed by atoms with Crippen molar-refractivity contribution < 1.29 is 23.7 Å². The Labute approximate surface area is 166 Å². The maximum atomic E-state index is 6.37. The van der Waals surface area contributed by atoms with E-state index in [9.17, 15) is 0 Å². The van der Waals surface area contributed by atoms with Gasteiger partial charge in [0.25, 0.3) is 0 Å². The molecule has 1 unspecified atom stereocenters. The van der Waals surface area contributed by atoms with E-state index in [0.717, 1.165) is 9.86 Å². The molecule has 0 spiro atoms. The fourth-order valence-corrected chi connectivity index (χ4v) is 6.19. The largest absolute Gasteiger partial charge is 0.355 e. The molecule has 3 saturated heterocycles. The van der Waals surface area contributed by atoms with Gasteiger partial charge in [-0.1, -0.05) is 23.9 Å². The number of hydrogen-bond donors (Lipinski definition) is 0. The van der Waals surface area contributed by atoms with E-state index in [2.05, 4.69) is 6.07 Å². The van der Waals surface area contributed by atoms with Crippen molar-refractivity contribution in [2.45, 2.75) is 73.5 Å². The molecule has 0 amide bonds. The molecule has 3 fully saturated rings. The van der Waals surface area contributed by atoms with E-state index < -0.39 is 11.6 Å². The van der Waals surface area contributed by atoms with Crippen molar-refractivity contribution in [2.24, 2.45) is 0 Å². The van der Waals surface area contributed by atoms with Gasteiger partial charge in [0, 0.05) is 0 Å². The predicted octanol–water partition coefficient (Wildman–Crippen LogP) is 3.78. The highest BCUT2D eigenvalue weighted by molar-refractivity contribution is 8.01. The van der Waals surface area contributed by atoms with E-state index in [1.165, 1.54) is 4.70 Å². The first-order valence-electron chi connectivity index (χ1n) is 9.15. The summed E-state index contributed by atoms with van der Waals surface area (Å²) in [5.41, 5.74) is 0.809. The first-order valence-corrected chi connectivity index (χ1v) is 10.8. The van der Waals surface area contributed by atoms with Gasteiger partial charge in [0.2, 0.25) is 0 Å². The second-order valence-electron chi connectivity index (χ2n) is 7.97. The van der Waals surface area contributed by atoms with E-state index in [-0.39, 0.29) is 29.9 Å². The molecule has 6 nitrogen and oxygen atoms in total. The Bertz CT molecular complexity index is 820. The van der Waals surface area contributed by atoms with Crippen LogP contribution in [0.1, 0.15) is 27.7 Å². The Morgan fingerprint density at radius 2 is 1.78 bits per heavy atom. The van der Waals surface area contributed by atoms with Crippen LogP contribution in [0.15, 0.2) is 28.6 Å². The zero-order valence-corrected chi connectivity index (χ0v) is 17.3. The Balaban J connectivity index is 1.39. The van der Waals surface area contributed by atoms with E-state index in [4.69, 9.17) is 28.7 Å². The Morgan fingerprint density at radius 1 is 1.00 bits per heavy atom. The molecule has 0 radical (unpaired) electrons. The third kappa shape index (κ3) is 3.42. The molecule has 1 aromatic carbocycles. The summed E-state index contributed by atoms with van der Waals surface area (Å²) in [5, 5.41) is 0. The van der Waals surface area contributed by atoms with Crippen LogP contribution in [0.25, 0.3) is 10.2 Å². The number of thiazole rings is 1. The van der Waals surface area contributed by atoms with Crippen LogP contribution in [0.2, 0.25) is 0 Å². The zero-order chi connectivity index (χ0) is 18.8. The quantitative estimate of drug-likeness (QED) is 0.764. The first-order chi connectivity index (χ1) is 12.8. The monoisotopic (exact) mass is 409 g/mol. The van der Waals surface area contributed by atoms with Crippen LogP contribution in [0.3, 0.4) is 0 Å². The van der Waals surface area contributed by atoms with Crippen LogP contribution >= 0.6 is 23.1 Å². The van der Waals surface area contributed by atoms with Crippen LogP contribution in [0.4, 0.5) is 0 Å². The predicted molar refractivity (Wildman–Crippen MR) is 103 cm³/mol. The number of rotatable bonds is 3. The number of benzene rings is 1. The molecule has 5 rings (SSSR count). The lowest BCUT2D eigenvalue weighted by atomic mass is 10.1. The Morgan fingerprint density at radius 3 is 2.52 bits per heavy atom. The highest BCUT2D eigenvalue weighted by Gasteiger charge is 2.59. The zero-order valence-electron chi connectivity index (χ0n) is 15.7. The summed E-state index contributed by atoms with van der Waals surface area (Å²) < 4.78 is 32.7. The summed E-state index contributed by atoms with van der Waals surface area (Å²) in [6.45, 7) is 8.21. The van der Waals surface area contributed by atoms with Gasteiger partial charge in [-0.25, -0.2) is 4.98 Å². The maximum Gasteiger partial charge on any atom is 0.164 e. The number of fused-ring (bicyclic) bond motifs is 2. The number of aromatic nitrogens is 1. The second-order valence-corrected chi connectivity index (χ2v) is 10.3. The van der Waals surface area contributed by atoms with Gasteiger partial charge in [-0.15, -0.1) is 11.3 Å². The van der Waals surface area contributed by atoms with Gasteiger partial charge >= 0.3 is 0 Å². The lowest BCUT2D eigenvalue weighted by molar-refractivity contribution is -0.198. The molecule has 1 aromatic heterocycles. The first kappa shape index (κ1) is 18.3. The summed E-state index contributed by atoms with van der Waals surface area (Å²) in [4.78, 5) is 4.72. The Hall–Kier alpha value is -0.740. The summed E-state index contributed by atoms with van der Waals surface area (Å²) in [6.07, 6.45) is -0.764. The summed E-state index contributed by atoms with van der Waals surface area (Å²) in [7, 11) is 0. The van der Waals surface area contributed by atoms with Crippen molar-refractivity contribution in [3.63, 3.8) is 0 Å². The third-order valence-corrected chi connectivity index (χ3v) is 7.21. The fourth-order valence-electron chi connectivity index (χ4n) is 3.86. The SMILES string of the molecule is CC1(C)O[C@H]2[C@@H]([C@H]3COC(C)(C)O3)OC(Sc3nc4ccccc4s3)[C@H]2O1. The standard InChI is InChI=1S/C19H23NO5S2/c1-18(2)21-9-11(23-18)13-14-15(25-19(3,4)24-14)16(22-13)27-17-20-10-7-5-6-8-12(10)26-17/h5-8,11,13-16H,9H2,1-4H3/t11-,13-,14+,15+,16?/m1/s1. The van der Waals surface area contributed by atoms with Crippen molar-refractivity contribution in [3.05, 3.63) is 24.3 Å². The fraction of sp³-hybridized carbons (Fsp3) is 0.632. The minimum atomic E-state index is -0.640. The van der Waals surface area contributed by atoms with Gasteiger partial charge < -0.3 is 23.7 Å². The molecular weight excluding hydrogens is 386 g/mol. The highest BCUT2D eigenvalue weighted by atomic mass is 32.2. The van der Waals surface area contributed by atoms with Crippen LogP contribution in [0.5, 0.6) is 0 Å². The molecule has 0 bridgehead atoms. The second kappa shape index (κ2) is 6.38. The number of thioether (sulfide) groups is 1. The van der Waals surface area contributed by atoms with Crippen molar-refractivity contribution in [1.29, 1.82) is 0 Å². The van der Waals surface area contributed by atoms with Crippen LogP contribution in [-0.2, 0) is 23.7 Å². The molecule has 0 aliphatic carbocycles. The lowest BCUT2D eigenvalue weighted by Crippen LogP contribution is -2.40. The van der Waals surface area contributed by atoms with Crippen LogP contribution in [-0.4, -0.2) is 53.0 Å². The molecule has 3 aliphatic rings. The van der Waals surface area contributed by atoms with Crippen molar-refractivity contribution >= 4 is 33.3 Å². The molecule has 3 aliphatic heterocycles. The van der Waals surface area contributed by atoms with E-state index >= 15 is 0 Å². The summed E-state index contributed by atoms with van der Waals surface area (Å²) >= 11 is 3.27. The highest BCUT2D eigenvalue weighted by Crippen LogP contribution is 2.47. The maximum absolute atomic E-state index is 6.37. The van der Waals surface area contributed by atoms with E-state index in [1.54, 1.807) is 23.1 Å². The minimum Gasteiger partial charge on any atom is -0.355 e. The number of para-hydroxylation sites is 1. The Kier molecular flexibility index (Phi) is 4.33. The number of nitrogens with zero attached hydrogens (tertiary/aromatic N) is 1. The molecule has 0 N–H and O–H groups in total. The lowest BCUT2D eigenvalue weighted by Gasteiger charge is -2.26. The van der Waals surface area contributed by atoms with Crippen molar-refractivity contribution in [2.75, 3.05) is 6.61 Å². The van der Waals surface area contributed by atoms with Gasteiger partial charge in [-0.3, -0.25) is 0 Å². The van der Waals surface area contributed by atoms with E-state index in [1.807, 2.05) is 45.9 Å². The van der Waals surface area contributed by atoms with Gasteiger partial charge in [-0.2, -0.15) is 0 Å². The molecule has 8 heteroatoms. The van der Waals surface area contributed by atoms with Crippen molar-refractivity contribution in [1.82, 2.24) is 4.98 Å². The van der Waals surface area contributed by atoms with E-state index in [0.29, 0.717) is 6.61 Å². The number of ether oxygens (including phenoxy) is 5. The number of hydrogen-bond acceptors (Lipinski definition) is 8. The van der Waals surface area contributed by atoms with Gasteiger partial charge in [0.15, 0.2) is 15.9 Å². The van der Waals surface area contributed by atoms with Crippen LogP contribution in [0, 0.1) is 0 Å². The molecule has 0 saturated carbocycles. The summed E-state index contributed by atoms with van der Waals surface area (Å²) in [6, 6.07) is 8.15. The van der Waals surface area contributed by atoms with Gasteiger partial charge in [-0.05, 0) is 39.8 Å². The van der Waals surface area contributed by atoms with Crippen LogP contribution < -0.4 is 0 Å². The molecule has 4 heterocycles. The van der Waals surface area contributed by atoms with Gasteiger partial charge in [0.05, 0.1) is 16.8 Å². The molecule has 27 heavy (non-hydrogen) atoms. The topological polar surface area (TPSA) is 59.0 Å². The molecule has 146 valence electrons. The average Bonchev–Trinajstić information content (AvgIpc) is 3.30. The molecule has 5 atom stereocenters. The minimum absolute atomic E-state index is 0.172. The molecular formula is C19H23NO5S2. The normalized spacial score (nSPS) is 37.1. The average molecular weight is 410 g/mol. The van der Waals surface area contributed by atoms with Gasteiger partial charge in [0.1, 0.15) is 29.9 Å². The smallest absolute Gasteiger partial charge is 0.164 e. The third-order valence-electron chi connectivity index (χ3n) is 4.93.